The number of aromatic nitrogens is 2. The summed E-state index contributed by atoms with van der Waals surface area (Å²) in [6.45, 7) is 10.8. The van der Waals surface area contributed by atoms with E-state index in [-0.39, 0.29) is 0 Å². The summed E-state index contributed by atoms with van der Waals surface area (Å²) in [7, 11) is 2.09. The Balaban J connectivity index is 2.26. The molecule has 1 N–H and O–H groups in total. The first kappa shape index (κ1) is 16.3. The maximum absolute atomic E-state index is 4.69. The quantitative estimate of drug-likeness (QED) is 0.872. The smallest absolute Gasteiger partial charge is 0.131 e. The van der Waals surface area contributed by atoms with Crippen LogP contribution in [0.5, 0.6) is 0 Å². The normalized spacial score (nSPS) is 16.7. The summed E-state index contributed by atoms with van der Waals surface area (Å²) in [6, 6.07) is 1.19. The van der Waals surface area contributed by atoms with Gasteiger partial charge in [0.2, 0.25) is 0 Å². The molecule has 0 aliphatic heterocycles. The monoisotopic (exact) mass is 292 g/mol. The molecule has 0 aromatic carbocycles. The Morgan fingerprint density at radius 3 is 2.52 bits per heavy atom. The predicted octanol–water partition coefficient (Wildman–Crippen LogP) is 3.39. The van der Waals surface area contributed by atoms with Crippen molar-refractivity contribution in [2.24, 2.45) is 7.05 Å². The van der Waals surface area contributed by atoms with Crippen molar-refractivity contribution >= 4 is 5.82 Å². The molecular formula is C17H32N4. The van der Waals surface area contributed by atoms with Crippen molar-refractivity contribution < 1.29 is 0 Å². The fourth-order valence-corrected chi connectivity index (χ4v) is 3.54. The Kier molecular flexibility index (Phi) is 5.68. The van der Waals surface area contributed by atoms with E-state index in [1.807, 2.05) is 0 Å². The van der Waals surface area contributed by atoms with Gasteiger partial charge in [-0.2, -0.15) is 5.10 Å². The van der Waals surface area contributed by atoms with Gasteiger partial charge in [0.25, 0.3) is 0 Å². The van der Waals surface area contributed by atoms with E-state index in [9.17, 15) is 0 Å². The average molecular weight is 292 g/mol. The Morgan fingerprint density at radius 1 is 1.29 bits per heavy atom. The van der Waals surface area contributed by atoms with Gasteiger partial charge in [-0.15, -0.1) is 0 Å². The van der Waals surface area contributed by atoms with Crippen molar-refractivity contribution in [3.63, 3.8) is 0 Å². The highest BCUT2D eigenvalue weighted by molar-refractivity contribution is 5.51. The molecule has 120 valence electrons. The SMILES string of the molecule is CCN(c1c(CNC(C)C)c(C)nn1C)C1CCCCC1. The molecule has 0 bridgehead atoms. The van der Waals surface area contributed by atoms with Crippen LogP contribution < -0.4 is 10.2 Å². The summed E-state index contributed by atoms with van der Waals surface area (Å²) in [6.07, 6.45) is 6.81. The van der Waals surface area contributed by atoms with Gasteiger partial charge in [-0.3, -0.25) is 4.68 Å². The largest absolute Gasteiger partial charge is 0.354 e. The molecule has 1 saturated carbocycles. The highest BCUT2D eigenvalue weighted by atomic mass is 15.4. The summed E-state index contributed by atoms with van der Waals surface area (Å²) < 4.78 is 2.09. The van der Waals surface area contributed by atoms with Gasteiger partial charge in [0.05, 0.1) is 5.69 Å². The van der Waals surface area contributed by atoms with Gasteiger partial charge in [0.15, 0.2) is 0 Å². The van der Waals surface area contributed by atoms with E-state index in [1.165, 1.54) is 43.5 Å². The molecule has 0 spiro atoms. The van der Waals surface area contributed by atoms with Crippen LogP contribution in [0.15, 0.2) is 0 Å². The summed E-state index contributed by atoms with van der Waals surface area (Å²) >= 11 is 0. The molecule has 0 saturated heterocycles. The maximum Gasteiger partial charge on any atom is 0.131 e. The lowest BCUT2D eigenvalue weighted by molar-refractivity contribution is 0.412. The van der Waals surface area contributed by atoms with Gasteiger partial charge < -0.3 is 10.2 Å². The zero-order valence-electron chi connectivity index (χ0n) is 14.4. The molecule has 1 aromatic rings. The highest BCUT2D eigenvalue weighted by Crippen LogP contribution is 2.30. The topological polar surface area (TPSA) is 33.1 Å². The summed E-state index contributed by atoms with van der Waals surface area (Å²) in [5.41, 5.74) is 2.54. The molecule has 21 heavy (non-hydrogen) atoms. The molecule has 1 aliphatic carbocycles. The van der Waals surface area contributed by atoms with Crippen LogP contribution in [0.1, 0.15) is 64.1 Å². The van der Waals surface area contributed by atoms with Crippen molar-refractivity contribution in [2.75, 3.05) is 11.4 Å². The van der Waals surface area contributed by atoms with Crippen LogP contribution in [-0.4, -0.2) is 28.4 Å². The number of aryl methyl sites for hydroxylation is 2. The van der Waals surface area contributed by atoms with Gasteiger partial charge in [0.1, 0.15) is 5.82 Å². The van der Waals surface area contributed by atoms with Gasteiger partial charge >= 0.3 is 0 Å². The Labute approximate surface area is 129 Å². The lowest BCUT2D eigenvalue weighted by Gasteiger charge is -2.36. The third kappa shape index (κ3) is 3.79. The van der Waals surface area contributed by atoms with Crippen molar-refractivity contribution in [1.82, 2.24) is 15.1 Å². The van der Waals surface area contributed by atoms with Crippen molar-refractivity contribution in [3.8, 4) is 0 Å². The second-order valence-electron chi connectivity index (χ2n) is 6.62. The zero-order valence-corrected chi connectivity index (χ0v) is 14.4. The van der Waals surface area contributed by atoms with Crippen LogP contribution in [0.2, 0.25) is 0 Å². The molecule has 4 heteroatoms. The third-order valence-electron chi connectivity index (χ3n) is 4.63. The van der Waals surface area contributed by atoms with Gasteiger partial charge in [-0.1, -0.05) is 33.1 Å². The number of hydrogen-bond acceptors (Lipinski definition) is 3. The second-order valence-corrected chi connectivity index (χ2v) is 6.62. The summed E-state index contributed by atoms with van der Waals surface area (Å²) in [4.78, 5) is 2.59. The minimum Gasteiger partial charge on any atom is -0.354 e. The van der Waals surface area contributed by atoms with E-state index in [2.05, 4.69) is 54.7 Å². The molecule has 1 heterocycles. The highest BCUT2D eigenvalue weighted by Gasteiger charge is 2.25. The molecule has 0 radical (unpaired) electrons. The van der Waals surface area contributed by atoms with Crippen LogP contribution in [0.25, 0.3) is 0 Å². The average Bonchev–Trinajstić information content (AvgIpc) is 2.73. The standard InChI is InChI=1S/C17H32N4/c1-6-21(15-10-8-7-9-11-15)17-16(12-18-13(2)3)14(4)19-20(17)5/h13,15,18H,6-12H2,1-5H3. The van der Waals surface area contributed by atoms with Crippen LogP contribution >= 0.6 is 0 Å². The Hall–Kier alpha value is -1.03. The van der Waals surface area contributed by atoms with E-state index >= 15 is 0 Å². The number of rotatable bonds is 6. The van der Waals surface area contributed by atoms with E-state index < -0.39 is 0 Å². The lowest BCUT2D eigenvalue weighted by Crippen LogP contribution is -2.39. The molecule has 2 rings (SSSR count). The van der Waals surface area contributed by atoms with Crippen LogP contribution in [0.3, 0.4) is 0 Å². The molecule has 1 fully saturated rings. The van der Waals surface area contributed by atoms with Crippen LogP contribution in [-0.2, 0) is 13.6 Å². The lowest BCUT2D eigenvalue weighted by atomic mass is 9.94. The molecule has 4 nitrogen and oxygen atoms in total. The van der Waals surface area contributed by atoms with Crippen LogP contribution in [0.4, 0.5) is 5.82 Å². The first-order valence-electron chi connectivity index (χ1n) is 8.57. The fraction of sp³-hybridized carbons (Fsp3) is 0.824. The van der Waals surface area contributed by atoms with Gasteiger partial charge in [-0.05, 0) is 26.7 Å². The number of nitrogens with zero attached hydrogens (tertiary/aromatic N) is 3. The van der Waals surface area contributed by atoms with E-state index in [0.29, 0.717) is 12.1 Å². The molecule has 0 unspecified atom stereocenters. The van der Waals surface area contributed by atoms with Crippen molar-refractivity contribution in [3.05, 3.63) is 11.3 Å². The Bertz CT molecular complexity index is 444. The van der Waals surface area contributed by atoms with Crippen molar-refractivity contribution in [2.45, 2.75) is 78.4 Å². The zero-order chi connectivity index (χ0) is 15.4. The molecule has 1 aliphatic rings. The van der Waals surface area contributed by atoms with Crippen LogP contribution in [0, 0.1) is 6.92 Å². The van der Waals surface area contributed by atoms with E-state index in [4.69, 9.17) is 0 Å². The summed E-state index contributed by atoms with van der Waals surface area (Å²) in [5, 5.41) is 8.25. The van der Waals surface area contributed by atoms with Gasteiger partial charge in [0, 0.05) is 37.8 Å². The van der Waals surface area contributed by atoms with Gasteiger partial charge in [-0.25, -0.2) is 0 Å². The maximum atomic E-state index is 4.69. The molecule has 0 atom stereocenters. The number of nitrogens with one attached hydrogen (secondary N) is 1. The number of hydrogen-bond donors (Lipinski definition) is 1. The third-order valence-corrected chi connectivity index (χ3v) is 4.63. The molecule has 1 aromatic heterocycles. The minimum absolute atomic E-state index is 0.502. The van der Waals surface area contributed by atoms with E-state index in [1.54, 1.807) is 0 Å². The number of anilines is 1. The first-order valence-corrected chi connectivity index (χ1v) is 8.57. The fourth-order valence-electron chi connectivity index (χ4n) is 3.54. The molecular weight excluding hydrogens is 260 g/mol. The van der Waals surface area contributed by atoms with E-state index in [0.717, 1.165) is 18.8 Å². The second kappa shape index (κ2) is 7.30. The van der Waals surface area contributed by atoms with Crippen molar-refractivity contribution in [1.29, 1.82) is 0 Å². The summed E-state index contributed by atoms with van der Waals surface area (Å²) in [5.74, 6) is 1.33. The molecule has 0 amide bonds. The predicted molar refractivity (Wildman–Crippen MR) is 89.8 cm³/mol. The minimum atomic E-state index is 0.502. The Morgan fingerprint density at radius 2 is 1.95 bits per heavy atom. The first-order chi connectivity index (χ1) is 10.0.